The highest BCUT2D eigenvalue weighted by Crippen LogP contribution is 2.29. The zero-order valence-corrected chi connectivity index (χ0v) is 15.0. The average Bonchev–Trinajstić information content (AvgIpc) is 2.65. The molecule has 0 radical (unpaired) electrons. The van der Waals surface area contributed by atoms with E-state index < -0.39 is 23.2 Å². The monoisotopic (exact) mass is 386 g/mol. The molecule has 3 rings (SSSR count). The molecular weight excluding hydrogens is 369 g/mol. The van der Waals surface area contributed by atoms with Crippen LogP contribution in [-0.2, 0) is 12.7 Å². The molecule has 1 heterocycles. The van der Waals surface area contributed by atoms with Gasteiger partial charge < -0.3 is 9.88 Å². The smallest absolute Gasteiger partial charge is 0.322 e. The zero-order valence-electron chi connectivity index (χ0n) is 15.0. The lowest BCUT2D eigenvalue weighted by Gasteiger charge is -2.12. The van der Waals surface area contributed by atoms with Crippen LogP contribution in [0, 0.1) is 6.92 Å². The molecule has 1 aromatic heterocycles. The summed E-state index contributed by atoms with van der Waals surface area (Å²) >= 11 is 0. The molecule has 0 unspecified atom stereocenters. The number of pyridine rings is 1. The Kier molecular flexibility index (Phi) is 5.35. The van der Waals surface area contributed by atoms with Crippen molar-refractivity contribution in [2.24, 2.45) is 0 Å². The number of aryl methyl sites for hydroxylation is 1. The number of aromatic nitrogens is 1. The molecule has 0 aliphatic heterocycles. The van der Waals surface area contributed by atoms with Crippen LogP contribution >= 0.6 is 0 Å². The molecular formula is C21H17F3N2O2. The maximum atomic E-state index is 12.9. The molecule has 0 saturated heterocycles. The number of alkyl halides is 3. The summed E-state index contributed by atoms with van der Waals surface area (Å²) in [5, 5.41) is 2.69. The molecule has 0 spiro atoms. The van der Waals surface area contributed by atoms with Gasteiger partial charge in [-0.25, -0.2) is 0 Å². The van der Waals surface area contributed by atoms with E-state index in [9.17, 15) is 22.8 Å². The van der Waals surface area contributed by atoms with Gasteiger partial charge in [0.25, 0.3) is 11.5 Å². The number of carbonyl (C=O) groups is 1. The van der Waals surface area contributed by atoms with Crippen molar-refractivity contribution in [1.29, 1.82) is 0 Å². The summed E-state index contributed by atoms with van der Waals surface area (Å²) in [6, 6.07) is 14.8. The molecule has 0 bridgehead atoms. The Bertz CT molecular complexity index is 1070. The number of rotatable bonds is 4. The van der Waals surface area contributed by atoms with Gasteiger partial charge in [-0.15, -0.1) is 0 Å². The van der Waals surface area contributed by atoms with Gasteiger partial charge in [-0.3, -0.25) is 9.59 Å². The third-order valence-electron chi connectivity index (χ3n) is 4.27. The van der Waals surface area contributed by atoms with Crippen molar-refractivity contribution >= 4 is 11.6 Å². The number of para-hydroxylation sites is 1. The number of benzene rings is 2. The fraction of sp³-hybridized carbons (Fsp3) is 0.143. The quantitative estimate of drug-likeness (QED) is 0.719. The van der Waals surface area contributed by atoms with Crippen LogP contribution in [0.15, 0.2) is 71.7 Å². The molecule has 0 aliphatic carbocycles. The Morgan fingerprint density at radius 2 is 1.79 bits per heavy atom. The lowest BCUT2D eigenvalue weighted by Crippen LogP contribution is -2.29. The van der Waals surface area contributed by atoms with Crippen LogP contribution in [0.3, 0.4) is 0 Å². The number of anilines is 1. The Morgan fingerprint density at radius 3 is 2.50 bits per heavy atom. The van der Waals surface area contributed by atoms with Crippen LogP contribution in [0.4, 0.5) is 18.9 Å². The Morgan fingerprint density at radius 1 is 1.04 bits per heavy atom. The lowest BCUT2D eigenvalue weighted by atomic mass is 10.1. The van der Waals surface area contributed by atoms with E-state index in [4.69, 9.17) is 0 Å². The van der Waals surface area contributed by atoms with E-state index in [1.807, 2.05) is 19.1 Å². The van der Waals surface area contributed by atoms with Gasteiger partial charge >= 0.3 is 6.18 Å². The van der Waals surface area contributed by atoms with Gasteiger partial charge in [0.2, 0.25) is 0 Å². The molecule has 0 atom stereocenters. The second kappa shape index (κ2) is 7.72. The summed E-state index contributed by atoms with van der Waals surface area (Å²) in [4.78, 5) is 25.2. The molecule has 0 aliphatic rings. The normalized spacial score (nSPS) is 11.3. The van der Waals surface area contributed by atoms with Crippen molar-refractivity contribution in [2.75, 3.05) is 5.32 Å². The first kappa shape index (κ1) is 19.4. The number of hydrogen-bond acceptors (Lipinski definition) is 2. The van der Waals surface area contributed by atoms with E-state index in [2.05, 4.69) is 5.32 Å². The largest absolute Gasteiger partial charge is 0.416 e. The third-order valence-corrected chi connectivity index (χ3v) is 4.27. The highest BCUT2D eigenvalue weighted by atomic mass is 19.4. The minimum absolute atomic E-state index is 0.0752. The Hall–Kier alpha value is -3.35. The molecule has 0 saturated carbocycles. The van der Waals surface area contributed by atoms with Gasteiger partial charge in [0.15, 0.2) is 0 Å². The summed E-state index contributed by atoms with van der Waals surface area (Å²) in [7, 11) is 0. The Labute approximate surface area is 159 Å². The molecule has 4 nitrogen and oxygen atoms in total. The molecule has 0 fully saturated rings. The second-order valence-electron chi connectivity index (χ2n) is 6.32. The summed E-state index contributed by atoms with van der Waals surface area (Å²) in [5.41, 5.74) is 0.292. The predicted molar refractivity (Wildman–Crippen MR) is 100 cm³/mol. The summed E-state index contributed by atoms with van der Waals surface area (Å²) < 4.78 is 39.8. The highest BCUT2D eigenvalue weighted by molar-refractivity contribution is 6.04. The number of nitrogens with zero attached hydrogens (tertiary/aromatic N) is 1. The molecule has 144 valence electrons. The molecule has 2 aromatic carbocycles. The fourth-order valence-electron chi connectivity index (χ4n) is 2.78. The van der Waals surface area contributed by atoms with Crippen LogP contribution in [0.2, 0.25) is 0 Å². The number of hydrogen-bond donors (Lipinski definition) is 1. The number of carbonyl (C=O) groups excluding carboxylic acids is 1. The fourth-order valence-corrected chi connectivity index (χ4v) is 2.78. The summed E-state index contributed by atoms with van der Waals surface area (Å²) in [6.07, 6.45) is -3.02. The van der Waals surface area contributed by atoms with Gasteiger partial charge in [0.1, 0.15) is 5.56 Å². The molecule has 1 amide bonds. The predicted octanol–water partition coefficient (Wildman–Crippen LogP) is 4.48. The molecule has 3 aromatic rings. The highest BCUT2D eigenvalue weighted by Gasteiger charge is 2.30. The van der Waals surface area contributed by atoms with Crippen LogP contribution in [0.1, 0.15) is 27.0 Å². The van der Waals surface area contributed by atoms with E-state index >= 15 is 0 Å². The van der Waals surface area contributed by atoms with Gasteiger partial charge in [0, 0.05) is 11.9 Å². The summed E-state index contributed by atoms with van der Waals surface area (Å²) in [6.45, 7) is 1.75. The van der Waals surface area contributed by atoms with Crippen LogP contribution in [0.25, 0.3) is 0 Å². The topological polar surface area (TPSA) is 51.1 Å². The summed E-state index contributed by atoms with van der Waals surface area (Å²) in [5.74, 6) is -0.572. The minimum Gasteiger partial charge on any atom is -0.322 e. The van der Waals surface area contributed by atoms with Crippen molar-refractivity contribution in [3.05, 3.63) is 99.5 Å². The SMILES string of the molecule is Cc1ccccc1NC(=O)c1cccn(Cc2cccc(C(F)(F)F)c2)c1=O. The van der Waals surface area contributed by atoms with Crippen molar-refractivity contribution < 1.29 is 18.0 Å². The average molecular weight is 386 g/mol. The third kappa shape index (κ3) is 4.31. The first-order chi connectivity index (χ1) is 13.3. The van der Waals surface area contributed by atoms with Gasteiger partial charge in [-0.2, -0.15) is 13.2 Å². The first-order valence-corrected chi connectivity index (χ1v) is 8.48. The van der Waals surface area contributed by atoms with E-state index in [1.54, 1.807) is 12.1 Å². The maximum absolute atomic E-state index is 12.9. The Balaban J connectivity index is 1.87. The van der Waals surface area contributed by atoms with E-state index in [1.165, 1.54) is 35.0 Å². The molecule has 7 heteroatoms. The van der Waals surface area contributed by atoms with Crippen LogP contribution in [0.5, 0.6) is 0 Å². The maximum Gasteiger partial charge on any atom is 0.416 e. The number of halogens is 3. The minimum atomic E-state index is -4.46. The van der Waals surface area contributed by atoms with Crippen LogP contribution < -0.4 is 10.9 Å². The van der Waals surface area contributed by atoms with Gasteiger partial charge in [-0.05, 0) is 48.4 Å². The van der Waals surface area contributed by atoms with Gasteiger partial charge in [0.05, 0.1) is 12.1 Å². The first-order valence-electron chi connectivity index (χ1n) is 8.48. The lowest BCUT2D eigenvalue weighted by molar-refractivity contribution is -0.137. The number of amides is 1. The van der Waals surface area contributed by atoms with Crippen molar-refractivity contribution in [3.63, 3.8) is 0 Å². The number of nitrogens with one attached hydrogen (secondary N) is 1. The van der Waals surface area contributed by atoms with Crippen molar-refractivity contribution in [2.45, 2.75) is 19.6 Å². The van der Waals surface area contributed by atoms with Crippen LogP contribution in [-0.4, -0.2) is 10.5 Å². The standard InChI is InChI=1S/C21H17F3N2O2/c1-14-6-2-3-10-18(14)25-19(27)17-9-5-11-26(20(17)28)13-15-7-4-8-16(12-15)21(22,23)24/h2-12H,13H2,1H3,(H,25,27). The molecule has 28 heavy (non-hydrogen) atoms. The molecule has 1 N–H and O–H groups in total. The van der Waals surface area contributed by atoms with Crippen molar-refractivity contribution in [1.82, 2.24) is 4.57 Å². The van der Waals surface area contributed by atoms with E-state index in [-0.39, 0.29) is 12.1 Å². The van der Waals surface area contributed by atoms with E-state index in [0.717, 1.165) is 17.7 Å². The van der Waals surface area contributed by atoms with Gasteiger partial charge in [-0.1, -0.05) is 30.3 Å². The van der Waals surface area contributed by atoms with E-state index in [0.29, 0.717) is 11.3 Å². The second-order valence-corrected chi connectivity index (χ2v) is 6.32. The van der Waals surface area contributed by atoms with Crippen molar-refractivity contribution in [3.8, 4) is 0 Å². The zero-order chi connectivity index (χ0) is 20.3.